The van der Waals surface area contributed by atoms with E-state index in [1.807, 2.05) is 0 Å². The third-order valence-corrected chi connectivity index (χ3v) is 3.80. The second kappa shape index (κ2) is 12.7. The van der Waals surface area contributed by atoms with Gasteiger partial charge in [-0.3, -0.25) is 0 Å². The second-order valence-electron chi connectivity index (χ2n) is 4.47. The van der Waals surface area contributed by atoms with Crippen LogP contribution in [-0.4, -0.2) is 26.9 Å². The van der Waals surface area contributed by atoms with Gasteiger partial charge in [0, 0.05) is 13.1 Å². The second-order valence-corrected chi connectivity index (χ2v) is 5.68. The third-order valence-electron chi connectivity index (χ3n) is 2.90. The molecule has 0 fully saturated rings. The Morgan fingerprint density at radius 2 is 1.41 bits per heavy atom. The third kappa shape index (κ3) is 9.86. The van der Waals surface area contributed by atoms with Gasteiger partial charge in [-0.2, -0.15) is 0 Å². The van der Waals surface area contributed by atoms with E-state index in [1.54, 1.807) is 0 Å². The fraction of sp³-hybridized carbons (Fsp3) is 0.923. The SMILES string of the molecule is CCCCCCN(CCCCCC)C(=S)SO. The largest absolute Gasteiger partial charge is 0.356 e. The summed E-state index contributed by atoms with van der Waals surface area (Å²) in [6.07, 6.45) is 10.0. The minimum Gasteiger partial charge on any atom is -0.356 e. The van der Waals surface area contributed by atoms with Gasteiger partial charge in [-0.05, 0) is 12.8 Å². The maximum atomic E-state index is 9.04. The maximum absolute atomic E-state index is 9.04. The first kappa shape index (κ1) is 17.2. The molecule has 2 nitrogen and oxygen atoms in total. The predicted octanol–water partition coefficient (Wildman–Crippen LogP) is 4.94. The van der Waals surface area contributed by atoms with Crippen molar-refractivity contribution in [2.45, 2.75) is 65.2 Å². The van der Waals surface area contributed by atoms with Gasteiger partial charge >= 0.3 is 0 Å². The summed E-state index contributed by atoms with van der Waals surface area (Å²) in [4.78, 5) is 2.16. The molecule has 0 aliphatic carbocycles. The van der Waals surface area contributed by atoms with Crippen LogP contribution < -0.4 is 0 Å². The molecule has 0 saturated heterocycles. The zero-order valence-corrected chi connectivity index (χ0v) is 12.9. The van der Waals surface area contributed by atoms with Crippen molar-refractivity contribution in [3.05, 3.63) is 0 Å². The van der Waals surface area contributed by atoms with Crippen LogP contribution in [0.15, 0.2) is 0 Å². The molecule has 0 aliphatic heterocycles. The topological polar surface area (TPSA) is 23.5 Å². The van der Waals surface area contributed by atoms with Gasteiger partial charge in [-0.25, -0.2) is 0 Å². The van der Waals surface area contributed by atoms with Crippen LogP contribution in [0.5, 0.6) is 0 Å². The molecule has 0 radical (unpaired) electrons. The molecule has 0 rings (SSSR count). The van der Waals surface area contributed by atoms with Gasteiger partial charge in [0.25, 0.3) is 0 Å². The molecular weight excluding hydrogens is 250 g/mol. The van der Waals surface area contributed by atoms with Crippen molar-refractivity contribution in [3.8, 4) is 0 Å². The van der Waals surface area contributed by atoms with Crippen molar-refractivity contribution in [2.24, 2.45) is 0 Å². The molecule has 102 valence electrons. The summed E-state index contributed by atoms with van der Waals surface area (Å²) < 4.78 is 9.68. The maximum Gasteiger partial charge on any atom is 0.163 e. The number of thiocarbonyl (C=S) groups is 1. The number of hydrogen-bond acceptors (Lipinski definition) is 3. The van der Waals surface area contributed by atoms with Gasteiger partial charge in [0.05, 0.1) is 12.0 Å². The van der Waals surface area contributed by atoms with E-state index in [1.165, 1.54) is 51.4 Å². The summed E-state index contributed by atoms with van der Waals surface area (Å²) >= 11 is 5.89. The molecule has 4 heteroatoms. The molecule has 1 N–H and O–H groups in total. The van der Waals surface area contributed by atoms with E-state index in [2.05, 4.69) is 18.7 Å². The van der Waals surface area contributed by atoms with Crippen LogP contribution in [0.25, 0.3) is 0 Å². The van der Waals surface area contributed by atoms with E-state index >= 15 is 0 Å². The zero-order valence-electron chi connectivity index (χ0n) is 11.3. The lowest BCUT2D eigenvalue weighted by Crippen LogP contribution is -2.29. The molecular formula is C13H27NOS2. The quantitative estimate of drug-likeness (QED) is 0.347. The van der Waals surface area contributed by atoms with Crippen LogP contribution in [0, 0.1) is 0 Å². The molecule has 0 aromatic heterocycles. The summed E-state index contributed by atoms with van der Waals surface area (Å²) in [6, 6.07) is 0. The highest BCUT2D eigenvalue weighted by Crippen LogP contribution is 2.10. The lowest BCUT2D eigenvalue weighted by Gasteiger charge is -2.23. The molecule has 0 aliphatic rings. The minimum absolute atomic E-state index is 0.637. The molecule has 0 heterocycles. The minimum atomic E-state index is 0.637. The lowest BCUT2D eigenvalue weighted by atomic mass is 10.2. The highest BCUT2D eigenvalue weighted by Gasteiger charge is 2.08. The van der Waals surface area contributed by atoms with Crippen molar-refractivity contribution in [1.82, 2.24) is 4.90 Å². The predicted molar refractivity (Wildman–Crippen MR) is 82.7 cm³/mol. The summed E-state index contributed by atoms with van der Waals surface area (Å²) in [5.41, 5.74) is 0. The highest BCUT2D eigenvalue weighted by atomic mass is 32.2. The van der Waals surface area contributed by atoms with Crippen LogP contribution in [0.1, 0.15) is 65.2 Å². The Bertz CT molecular complexity index is 176. The molecule has 0 atom stereocenters. The Morgan fingerprint density at radius 1 is 0.941 bits per heavy atom. The number of unbranched alkanes of at least 4 members (excludes halogenated alkanes) is 6. The van der Waals surface area contributed by atoms with E-state index in [4.69, 9.17) is 16.8 Å². The monoisotopic (exact) mass is 277 g/mol. The van der Waals surface area contributed by atoms with Gasteiger partial charge < -0.3 is 9.45 Å². The summed E-state index contributed by atoms with van der Waals surface area (Å²) in [5.74, 6) is 0. The Balaban J connectivity index is 3.76. The molecule has 0 aromatic carbocycles. The van der Waals surface area contributed by atoms with Gasteiger partial charge in [0.15, 0.2) is 4.32 Å². The van der Waals surface area contributed by atoms with Gasteiger partial charge in [-0.1, -0.05) is 64.6 Å². The Labute approximate surface area is 116 Å². The van der Waals surface area contributed by atoms with E-state index in [-0.39, 0.29) is 0 Å². The van der Waals surface area contributed by atoms with E-state index in [0.717, 1.165) is 25.1 Å². The Kier molecular flexibility index (Phi) is 12.8. The van der Waals surface area contributed by atoms with Gasteiger partial charge in [-0.15, -0.1) is 0 Å². The first-order chi connectivity index (χ1) is 8.26. The summed E-state index contributed by atoms with van der Waals surface area (Å²) in [5, 5.41) is 0. The van der Waals surface area contributed by atoms with Gasteiger partial charge in [0.2, 0.25) is 0 Å². The fourth-order valence-electron chi connectivity index (χ4n) is 1.81. The van der Waals surface area contributed by atoms with E-state index < -0.39 is 0 Å². The molecule has 0 unspecified atom stereocenters. The molecule has 0 spiro atoms. The van der Waals surface area contributed by atoms with Crippen LogP contribution >= 0.6 is 24.3 Å². The van der Waals surface area contributed by atoms with Crippen molar-refractivity contribution in [1.29, 1.82) is 0 Å². The summed E-state index contributed by atoms with van der Waals surface area (Å²) in [6.45, 7) is 6.44. The van der Waals surface area contributed by atoms with Crippen molar-refractivity contribution in [2.75, 3.05) is 13.1 Å². The number of hydrogen-bond donors (Lipinski definition) is 1. The highest BCUT2D eigenvalue weighted by molar-refractivity contribution is 8.19. The number of rotatable bonds is 10. The van der Waals surface area contributed by atoms with Crippen LogP contribution in [0.2, 0.25) is 0 Å². The van der Waals surface area contributed by atoms with Crippen molar-refractivity contribution < 1.29 is 4.55 Å². The molecule has 0 aromatic rings. The molecule has 0 saturated carbocycles. The Hall–Kier alpha value is 0.200. The molecule has 17 heavy (non-hydrogen) atoms. The van der Waals surface area contributed by atoms with E-state index in [9.17, 15) is 0 Å². The molecule has 0 amide bonds. The Morgan fingerprint density at radius 3 is 1.76 bits per heavy atom. The first-order valence-corrected chi connectivity index (χ1v) is 8.04. The van der Waals surface area contributed by atoms with Crippen LogP contribution in [0.4, 0.5) is 0 Å². The molecule has 0 bridgehead atoms. The first-order valence-electron chi connectivity index (χ1n) is 6.86. The average Bonchev–Trinajstić information content (AvgIpc) is 2.36. The lowest BCUT2D eigenvalue weighted by molar-refractivity contribution is 0.397. The average molecular weight is 277 g/mol. The zero-order chi connectivity index (χ0) is 12.9. The normalized spacial score (nSPS) is 10.5. The van der Waals surface area contributed by atoms with E-state index in [0.29, 0.717) is 4.32 Å². The van der Waals surface area contributed by atoms with Crippen molar-refractivity contribution in [3.63, 3.8) is 0 Å². The van der Waals surface area contributed by atoms with Gasteiger partial charge in [0.1, 0.15) is 0 Å². The summed E-state index contributed by atoms with van der Waals surface area (Å²) in [7, 11) is 0. The fourth-order valence-corrected chi connectivity index (χ4v) is 2.29. The van der Waals surface area contributed by atoms with Crippen LogP contribution in [0.3, 0.4) is 0 Å². The number of nitrogens with zero attached hydrogens (tertiary/aromatic N) is 1. The van der Waals surface area contributed by atoms with Crippen molar-refractivity contribution >= 4 is 28.6 Å². The standard InChI is InChI=1S/C13H27NOS2/c1-3-5-7-9-11-14(13(16)17-15)12-10-8-6-4-2/h15H,3-12H2,1-2H3. The van der Waals surface area contributed by atoms with Crippen LogP contribution in [-0.2, 0) is 0 Å². The smallest absolute Gasteiger partial charge is 0.163 e.